The molecule has 110 valence electrons. The summed E-state index contributed by atoms with van der Waals surface area (Å²) in [5.74, 6) is 0.469. The third-order valence-corrected chi connectivity index (χ3v) is 4.97. The number of thiophene rings is 1. The number of anilines is 1. The fraction of sp³-hybridized carbons (Fsp3) is 0.188. The van der Waals surface area contributed by atoms with E-state index >= 15 is 0 Å². The number of rotatable bonds is 2. The van der Waals surface area contributed by atoms with Gasteiger partial charge in [-0.3, -0.25) is 4.79 Å². The zero-order valence-electron chi connectivity index (χ0n) is 11.8. The van der Waals surface area contributed by atoms with Gasteiger partial charge in [-0.15, -0.1) is 11.3 Å². The highest BCUT2D eigenvalue weighted by Crippen LogP contribution is 2.33. The van der Waals surface area contributed by atoms with Crippen LogP contribution < -0.4 is 10.6 Å². The second-order valence-electron chi connectivity index (χ2n) is 5.35. The average Bonchev–Trinajstić information content (AvgIpc) is 3.02. The molecule has 0 fully saturated rings. The number of carbonyl (C=O) groups is 1. The van der Waals surface area contributed by atoms with Gasteiger partial charge in [-0.25, -0.2) is 9.97 Å². The Morgan fingerprint density at radius 1 is 1.23 bits per heavy atom. The number of amides is 1. The molecule has 6 heteroatoms. The molecule has 1 atom stereocenters. The molecular weight excluding hydrogens is 296 g/mol. The first-order valence-corrected chi connectivity index (χ1v) is 7.93. The van der Waals surface area contributed by atoms with Gasteiger partial charge in [-0.05, 0) is 22.6 Å². The molecule has 0 bridgehead atoms. The van der Waals surface area contributed by atoms with Gasteiger partial charge in [0.1, 0.15) is 12.4 Å². The molecule has 0 saturated heterocycles. The molecule has 1 aromatic carbocycles. The maximum Gasteiger partial charge on any atom is 0.240 e. The van der Waals surface area contributed by atoms with E-state index < -0.39 is 0 Å². The van der Waals surface area contributed by atoms with Crippen LogP contribution in [0.5, 0.6) is 0 Å². The summed E-state index contributed by atoms with van der Waals surface area (Å²) in [7, 11) is 0. The minimum absolute atomic E-state index is 0.321. The summed E-state index contributed by atoms with van der Waals surface area (Å²) in [6.07, 6.45) is 2.16. The van der Waals surface area contributed by atoms with Gasteiger partial charge in [0.05, 0.1) is 10.2 Å². The topological polar surface area (TPSA) is 72.1 Å². The van der Waals surface area contributed by atoms with Crippen LogP contribution in [0.4, 0.5) is 5.82 Å². The van der Waals surface area contributed by atoms with Gasteiger partial charge in [-0.2, -0.15) is 0 Å². The first-order valence-electron chi connectivity index (χ1n) is 7.05. The Hall–Kier alpha value is -2.47. The summed E-state index contributed by atoms with van der Waals surface area (Å²) >= 11 is 1.58. The van der Waals surface area contributed by atoms with Crippen molar-refractivity contribution in [2.75, 3.05) is 4.90 Å². The lowest BCUT2D eigenvalue weighted by Crippen LogP contribution is -2.49. The molecule has 2 N–H and O–H groups in total. The predicted molar refractivity (Wildman–Crippen MR) is 86.7 cm³/mol. The molecular formula is C16H14N4OS. The van der Waals surface area contributed by atoms with Crippen molar-refractivity contribution in [2.24, 2.45) is 5.73 Å². The molecule has 3 aromatic rings. The van der Waals surface area contributed by atoms with Crippen molar-refractivity contribution in [1.82, 2.24) is 9.97 Å². The van der Waals surface area contributed by atoms with Crippen LogP contribution in [-0.4, -0.2) is 21.9 Å². The lowest BCUT2D eigenvalue weighted by Gasteiger charge is -2.36. The van der Waals surface area contributed by atoms with Crippen LogP contribution in [0.15, 0.2) is 42.0 Å². The Labute approximate surface area is 131 Å². The summed E-state index contributed by atoms with van der Waals surface area (Å²) in [4.78, 5) is 22.7. The zero-order chi connectivity index (χ0) is 15.1. The zero-order valence-corrected chi connectivity index (χ0v) is 12.6. The van der Waals surface area contributed by atoms with E-state index in [4.69, 9.17) is 5.73 Å². The Bertz CT molecular complexity index is 860. The standard InChI is InChI=1S/C16H14N4OS/c17-15(21)13-7-10-3-1-2-4-11(10)8-20(13)16-14-12(5-6-22-14)18-9-19-16/h1-6,9,13H,7-8H2,(H2,17,21)/t13-/m1/s1. The van der Waals surface area contributed by atoms with Gasteiger partial charge in [0.2, 0.25) is 5.91 Å². The van der Waals surface area contributed by atoms with E-state index in [1.54, 1.807) is 17.7 Å². The maximum atomic E-state index is 12.0. The molecule has 2 aromatic heterocycles. The SMILES string of the molecule is NC(=O)[C@H]1Cc2ccccc2CN1c1ncnc2ccsc12. The van der Waals surface area contributed by atoms with E-state index in [1.807, 2.05) is 28.5 Å². The Morgan fingerprint density at radius 2 is 2.05 bits per heavy atom. The molecule has 1 amide bonds. The Balaban J connectivity index is 1.85. The fourth-order valence-corrected chi connectivity index (χ4v) is 3.83. The molecule has 0 spiro atoms. The number of benzene rings is 1. The molecule has 4 rings (SSSR count). The van der Waals surface area contributed by atoms with Crippen molar-refractivity contribution in [3.05, 3.63) is 53.2 Å². The summed E-state index contributed by atoms with van der Waals surface area (Å²) in [5.41, 5.74) is 8.94. The quantitative estimate of drug-likeness (QED) is 0.787. The van der Waals surface area contributed by atoms with E-state index in [0.29, 0.717) is 13.0 Å². The minimum atomic E-state index is -0.380. The van der Waals surface area contributed by atoms with Gasteiger partial charge in [0.15, 0.2) is 5.82 Å². The molecule has 0 radical (unpaired) electrons. The first kappa shape index (κ1) is 13.2. The van der Waals surface area contributed by atoms with Crippen LogP contribution in [0, 0.1) is 0 Å². The molecule has 1 aliphatic heterocycles. The Morgan fingerprint density at radius 3 is 2.86 bits per heavy atom. The van der Waals surface area contributed by atoms with Gasteiger partial charge in [0.25, 0.3) is 0 Å². The third kappa shape index (κ3) is 2.03. The summed E-state index contributed by atoms with van der Waals surface area (Å²) in [5, 5.41) is 1.99. The van der Waals surface area contributed by atoms with E-state index in [1.165, 1.54) is 11.1 Å². The van der Waals surface area contributed by atoms with E-state index in [-0.39, 0.29) is 11.9 Å². The van der Waals surface area contributed by atoms with Crippen molar-refractivity contribution in [1.29, 1.82) is 0 Å². The van der Waals surface area contributed by atoms with Crippen LogP contribution in [0.2, 0.25) is 0 Å². The van der Waals surface area contributed by atoms with Crippen LogP contribution in [-0.2, 0) is 17.8 Å². The number of nitrogens with zero attached hydrogens (tertiary/aromatic N) is 3. The summed E-state index contributed by atoms with van der Waals surface area (Å²) < 4.78 is 0.994. The number of hydrogen-bond donors (Lipinski definition) is 1. The fourth-order valence-electron chi connectivity index (χ4n) is 2.98. The molecule has 5 nitrogen and oxygen atoms in total. The van der Waals surface area contributed by atoms with Crippen molar-refractivity contribution < 1.29 is 4.79 Å². The highest BCUT2D eigenvalue weighted by molar-refractivity contribution is 7.17. The number of fused-ring (bicyclic) bond motifs is 2. The van der Waals surface area contributed by atoms with Crippen LogP contribution >= 0.6 is 11.3 Å². The number of aromatic nitrogens is 2. The van der Waals surface area contributed by atoms with Crippen LogP contribution in [0.3, 0.4) is 0 Å². The monoisotopic (exact) mass is 310 g/mol. The van der Waals surface area contributed by atoms with Gasteiger partial charge in [0, 0.05) is 13.0 Å². The first-order chi connectivity index (χ1) is 10.7. The minimum Gasteiger partial charge on any atom is -0.368 e. The molecule has 22 heavy (non-hydrogen) atoms. The van der Waals surface area contributed by atoms with Gasteiger partial charge >= 0.3 is 0 Å². The Kier molecular flexibility index (Phi) is 3.04. The van der Waals surface area contributed by atoms with Crippen molar-refractivity contribution in [3.63, 3.8) is 0 Å². The molecule has 0 aliphatic carbocycles. The molecule has 0 unspecified atom stereocenters. The van der Waals surface area contributed by atoms with Gasteiger partial charge < -0.3 is 10.6 Å². The summed E-state index contributed by atoms with van der Waals surface area (Å²) in [6, 6.07) is 9.74. The van der Waals surface area contributed by atoms with E-state index in [0.717, 1.165) is 16.0 Å². The molecule has 3 heterocycles. The van der Waals surface area contributed by atoms with E-state index in [2.05, 4.69) is 22.1 Å². The highest BCUT2D eigenvalue weighted by atomic mass is 32.1. The smallest absolute Gasteiger partial charge is 0.240 e. The number of hydrogen-bond acceptors (Lipinski definition) is 5. The normalized spacial score (nSPS) is 17.5. The van der Waals surface area contributed by atoms with Crippen molar-refractivity contribution >= 4 is 33.3 Å². The second kappa shape index (κ2) is 5.06. The molecule has 0 saturated carbocycles. The number of primary amides is 1. The lowest BCUT2D eigenvalue weighted by molar-refractivity contribution is -0.119. The maximum absolute atomic E-state index is 12.0. The number of nitrogens with two attached hydrogens (primary N) is 1. The highest BCUT2D eigenvalue weighted by Gasteiger charge is 2.32. The van der Waals surface area contributed by atoms with E-state index in [9.17, 15) is 4.79 Å². The summed E-state index contributed by atoms with van der Waals surface area (Å²) in [6.45, 7) is 0.633. The van der Waals surface area contributed by atoms with Gasteiger partial charge in [-0.1, -0.05) is 24.3 Å². The average molecular weight is 310 g/mol. The number of carbonyl (C=O) groups excluding carboxylic acids is 1. The second-order valence-corrected chi connectivity index (χ2v) is 6.27. The third-order valence-electron chi connectivity index (χ3n) is 4.07. The largest absolute Gasteiger partial charge is 0.368 e. The molecule has 1 aliphatic rings. The lowest BCUT2D eigenvalue weighted by atomic mass is 9.93. The van der Waals surface area contributed by atoms with Crippen molar-refractivity contribution in [3.8, 4) is 0 Å². The van der Waals surface area contributed by atoms with Crippen molar-refractivity contribution in [2.45, 2.75) is 19.0 Å². The predicted octanol–water partition coefficient (Wildman–Crippen LogP) is 2.11. The van der Waals surface area contributed by atoms with Crippen LogP contribution in [0.1, 0.15) is 11.1 Å². The van der Waals surface area contributed by atoms with Crippen LogP contribution in [0.25, 0.3) is 10.2 Å².